The molecule has 0 N–H and O–H groups in total. The van der Waals surface area contributed by atoms with Crippen LogP contribution in [0.15, 0.2) is 122 Å². The summed E-state index contributed by atoms with van der Waals surface area (Å²) in [6.45, 7) is 5.61. The van der Waals surface area contributed by atoms with Crippen molar-refractivity contribution < 1.29 is 95.2 Å². The van der Waals surface area contributed by atoms with Gasteiger partial charge in [-0.2, -0.15) is 0 Å². The minimum atomic E-state index is -1.05. The van der Waals surface area contributed by atoms with Crippen LogP contribution in [0.25, 0.3) is 0 Å². The molecule has 2 fully saturated rings. The van der Waals surface area contributed by atoms with E-state index in [2.05, 4.69) is 22.6 Å². The predicted molar refractivity (Wildman–Crippen MR) is 220 cm³/mol. The van der Waals surface area contributed by atoms with Crippen LogP contribution in [0.2, 0.25) is 0 Å². The van der Waals surface area contributed by atoms with Gasteiger partial charge in [0.1, 0.15) is 61.6 Å². The summed E-state index contributed by atoms with van der Waals surface area (Å²) in [6.07, 6.45) is -3.24. The number of hydrogen-bond donors (Lipinski definition) is 0. The van der Waals surface area contributed by atoms with Crippen LogP contribution in [0.1, 0.15) is 41.4 Å². The molecule has 4 atom stereocenters. The van der Waals surface area contributed by atoms with E-state index in [0.29, 0.717) is 0 Å². The number of ether oxygens (including phenoxy) is 12. The van der Waals surface area contributed by atoms with Gasteiger partial charge in [0.2, 0.25) is 0 Å². The lowest BCUT2D eigenvalue weighted by Gasteiger charge is -2.17. The first-order valence-corrected chi connectivity index (χ1v) is 19.7. The van der Waals surface area contributed by atoms with Crippen LogP contribution >= 0.6 is 0 Å². The maximum atomic E-state index is 13.0. The van der Waals surface area contributed by atoms with Gasteiger partial charge in [0.15, 0.2) is 12.2 Å². The molecule has 0 spiro atoms. The summed E-state index contributed by atoms with van der Waals surface area (Å²) in [5, 5.41) is 0. The van der Waals surface area contributed by atoms with Crippen LogP contribution in [-0.4, -0.2) is 112 Å². The molecule has 20 heteroatoms. The van der Waals surface area contributed by atoms with Crippen molar-refractivity contribution in [1.29, 1.82) is 0 Å². The van der Waals surface area contributed by atoms with E-state index < -0.39 is 72.5 Å². The highest BCUT2D eigenvalue weighted by atomic mass is 16.7. The zero-order chi connectivity index (χ0) is 47.0. The van der Waals surface area contributed by atoms with Gasteiger partial charge in [-0.05, 0) is 97.1 Å². The summed E-state index contributed by atoms with van der Waals surface area (Å²) >= 11 is 0. The third-order valence-corrected chi connectivity index (χ3v) is 9.09. The molecule has 4 aromatic carbocycles. The second-order valence-corrected chi connectivity index (χ2v) is 13.5. The van der Waals surface area contributed by atoms with Crippen molar-refractivity contribution in [3.63, 3.8) is 0 Å². The molecule has 66 heavy (non-hydrogen) atoms. The van der Waals surface area contributed by atoms with Crippen LogP contribution in [-0.2, 0) is 47.5 Å². The van der Waals surface area contributed by atoms with Crippen LogP contribution in [0, 0.1) is 0 Å². The highest BCUT2D eigenvalue weighted by molar-refractivity contribution is 5.93. The normalized spacial score (nSPS) is 16.8. The zero-order valence-corrected chi connectivity index (χ0v) is 34.5. The van der Waals surface area contributed by atoms with E-state index in [-0.39, 0.29) is 84.9 Å². The Morgan fingerprint density at radius 3 is 1.03 bits per heavy atom. The smallest absolute Gasteiger partial charge is 0.459 e. The van der Waals surface area contributed by atoms with E-state index in [4.69, 9.17) is 47.4 Å². The van der Waals surface area contributed by atoms with E-state index in [1.807, 2.05) is 0 Å². The van der Waals surface area contributed by atoms with E-state index in [0.717, 1.165) is 12.2 Å². The van der Waals surface area contributed by atoms with Crippen molar-refractivity contribution >= 4 is 48.1 Å². The Balaban J connectivity index is 0.900. The minimum absolute atomic E-state index is 0.0258. The largest absolute Gasteiger partial charge is 0.513 e. The standard InChI is InChI=1S/C46H38O20/c1-3-37(47)55-21-23-57-45(53)63-33-17-9-27(10-18-33)41(49)61-31-13-5-29(6-14-31)43(51)65-35-25-59-40-36(26-60-39(35)40)66-44(52)30-7-15-32(16-8-30)62-42(50)28-11-19-34(20-12-28)64-46(54)58-24-22-56-38(48)4-2/h3-20,35-36,39-40H,1-2,21-26H2. The summed E-state index contributed by atoms with van der Waals surface area (Å²) in [5.41, 5.74) is 0.551. The fraction of sp³-hybridized carbons (Fsp3) is 0.217. The van der Waals surface area contributed by atoms with Gasteiger partial charge in [0.05, 0.1) is 35.5 Å². The lowest BCUT2D eigenvalue weighted by molar-refractivity contribution is -0.139. The number of fused-ring (bicyclic) bond motifs is 1. The Morgan fingerprint density at radius 2 is 0.712 bits per heavy atom. The molecule has 6 rings (SSSR count). The first kappa shape index (κ1) is 47.1. The average Bonchev–Trinajstić information content (AvgIpc) is 3.92. The number of esters is 6. The summed E-state index contributed by atoms with van der Waals surface area (Å²) < 4.78 is 62.7. The van der Waals surface area contributed by atoms with Gasteiger partial charge in [-0.3, -0.25) is 0 Å². The van der Waals surface area contributed by atoms with E-state index >= 15 is 0 Å². The quantitative estimate of drug-likeness (QED) is 0.0312. The molecular formula is C46H38O20. The van der Waals surface area contributed by atoms with Gasteiger partial charge in [0, 0.05) is 12.2 Å². The van der Waals surface area contributed by atoms with Gasteiger partial charge in [-0.1, -0.05) is 13.2 Å². The maximum Gasteiger partial charge on any atom is 0.513 e. The lowest BCUT2D eigenvalue weighted by Crippen LogP contribution is -2.36. The summed E-state index contributed by atoms with van der Waals surface area (Å²) in [4.78, 5) is 97.1. The third kappa shape index (κ3) is 13.3. The van der Waals surface area contributed by atoms with Crippen molar-refractivity contribution in [3.8, 4) is 23.0 Å². The molecule has 2 aliphatic heterocycles. The Morgan fingerprint density at radius 1 is 0.424 bits per heavy atom. The molecule has 2 heterocycles. The molecule has 342 valence electrons. The number of hydrogen-bond acceptors (Lipinski definition) is 20. The molecule has 4 unspecified atom stereocenters. The van der Waals surface area contributed by atoms with Crippen molar-refractivity contribution in [1.82, 2.24) is 0 Å². The van der Waals surface area contributed by atoms with Gasteiger partial charge in [0.25, 0.3) is 0 Å². The SMILES string of the molecule is C=CC(=O)OCCOC(=O)Oc1ccc(C(=O)Oc2ccc(C(=O)OC3COC4C(OC(=O)c5ccc(OC(=O)c6ccc(OC(=O)OCCOC(=O)C=C)cc6)cc5)COC34)cc2)cc1. The molecule has 0 amide bonds. The Kier molecular flexibility index (Phi) is 16.3. The molecule has 4 aromatic rings. The van der Waals surface area contributed by atoms with Crippen molar-refractivity contribution in [2.45, 2.75) is 24.4 Å². The van der Waals surface area contributed by atoms with E-state index in [9.17, 15) is 38.4 Å². The van der Waals surface area contributed by atoms with Crippen molar-refractivity contribution in [2.75, 3.05) is 39.6 Å². The maximum absolute atomic E-state index is 13.0. The van der Waals surface area contributed by atoms with Gasteiger partial charge in [-0.25, -0.2) is 38.4 Å². The minimum Gasteiger partial charge on any atom is -0.459 e. The second kappa shape index (κ2) is 22.8. The lowest BCUT2D eigenvalue weighted by atomic mass is 10.1. The predicted octanol–water partition coefficient (Wildman–Crippen LogP) is 5.16. The molecule has 0 saturated carbocycles. The number of rotatable bonds is 18. The first-order chi connectivity index (χ1) is 31.9. The van der Waals surface area contributed by atoms with E-state index in [1.54, 1.807) is 0 Å². The fourth-order valence-electron chi connectivity index (χ4n) is 5.91. The van der Waals surface area contributed by atoms with Gasteiger partial charge >= 0.3 is 48.1 Å². The van der Waals surface area contributed by atoms with Crippen molar-refractivity contribution in [3.05, 3.63) is 145 Å². The summed E-state index contributed by atoms with van der Waals surface area (Å²) in [5.74, 6) is -3.79. The number of carbonyl (C=O) groups excluding carboxylic acids is 8. The van der Waals surface area contributed by atoms with Crippen LogP contribution in [0.4, 0.5) is 9.59 Å². The second-order valence-electron chi connectivity index (χ2n) is 13.5. The van der Waals surface area contributed by atoms with Crippen LogP contribution in [0.5, 0.6) is 23.0 Å². The Hall–Kier alpha value is -8.36. The molecular weight excluding hydrogens is 872 g/mol. The molecule has 0 aromatic heterocycles. The average molecular weight is 911 g/mol. The zero-order valence-electron chi connectivity index (χ0n) is 34.5. The molecule has 2 aliphatic rings. The molecule has 0 aliphatic carbocycles. The Bertz CT molecular complexity index is 2250. The van der Waals surface area contributed by atoms with E-state index in [1.165, 1.54) is 97.1 Å². The topological polar surface area (TPSA) is 247 Å². The van der Waals surface area contributed by atoms with Gasteiger partial charge < -0.3 is 56.8 Å². The third-order valence-electron chi connectivity index (χ3n) is 9.09. The summed E-state index contributed by atoms with van der Waals surface area (Å²) in [6, 6.07) is 22.0. The molecule has 0 bridgehead atoms. The van der Waals surface area contributed by atoms with Gasteiger partial charge in [-0.15, -0.1) is 0 Å². The summed E-state index contributed by atoms with van der Waals surface area (Å²) in [7, 11) is 0. The first-order valence-electron chi connectivity index (χ1n) is 19.7. The monoisotopic (exact) mass is 910 g/mol. The van der Waals surface area contributed by atoms with Crippen LogP contribution in [0.3, 0.4) is 0 Å². The number of benzene rings is 4. The molecule has 0 radical (unpaired) electrons. The molecule has 2 saturated heterocycles. The highest BCUT2D eigenvalue weighted by Gasteiger charge is 2.51. The fourth-order valence-corrected chi connectivity index (χ4v) is 5.91. The van der Waals surface area contributed by atoms with Crippen molar-refractivity contribution in [2.24, 2.45) is 0 Å². The Labute approximate surface area is 374 Å². The highest BCUT2D eigenvalue weighted by Crippen LogP contribution is 2.32. The molecule has 20 nitrogen and oxygen atoms in total. The number of carbonyl (C=O) groups is 8. The van der Waals surface area contributed by atoms with Crippen LogP contribution < -0.4 is 18.9 Å².